The fraction of sp³-hybridized carbons (Fsp3) is 0.455. The van der Waals surface area contributed by atoms with Crippen LogP contribution < -0.4 is 5.73 Å². The maximum Gasteiger partial charge on any atom is 0.0345 e. The summed E-state index contributed by atoms with van der Waals surface area (Å²) in [6.45, 7) is 1.22. The zero-order valence-electron chi connectivity index (χ0n) is 8.03. The van der Waals surface area contributed by atoms with E-state index in [4.69, 9.17) is 5.73 Å². The maximum atomic E-state index is 5.65. The van der Waals surface area contributed by atoms with E-state index in [1.807, 2.05) is 12.1 Å². The van der Waals surface area contributed by atoms with Crippen LogP contribution in [-0.2, 0) is 0 Å². The Hall–Kier alpha value is -1.02. The fourth-order valence-corrected chi connectivity index (χ4v) is 2.05. The molecule has 0 aromatic heterocycles. The quantitative estimate of drug-likeness (QED) is 0.663. The Labute approximate surface area is 79.4 Å². The summed E-state index contributed by atoms with van der Waals surface area (Å²) in [6, 6.07) is 8.87. The smallest absolute Gasteiger partial charge is 0.0345 e. The molecule has 0 amide bonds. The number of nitrogen functional groups attached to an aromatic ring is 1. The Kier molecular flexibility index (Phi) is 2.23. The Morgan fingerprint density at radius 3 is 2.54 bits per heavy atom. The van der Waals surface area contributed by atoms with E-state index in [-0.39, 0.29) is 0 Å². The van der Waals surface area contributed by atoms with Crippen LogP contribution in [0.5, 0.6) is 0 Å². The van der Waals surface area contributed by atoms with Crippen LogP contribution in [0.25, 0.3) is 0 Å². The molecule has 0 radical (unpaired) electrons. The highest BCUT2D eigenvalue weighted by molar-refractivity contribution is 5.40. The Bertz CT molecular complexity index is 279. The van der Waals surface area contributed by atoms with Gasteiger partial charge in [0.1, 0.15) is 0 Å². The molecule has 70 valence electrons. The van der Waals surface area contributed by atoms with Crippen LogP contribution in [0.15, 0.2) is 24.3 Å². The van der Waals surface area contributed by atoms with Crippen molar-refractivity contribution in [3.05, 3.63) is 29.8 Å². The molecule has 0 spiro atoms. The summed E-state index contributed by atoms with van der Waals surface area (Å²) in [5.74, 6) is 0. The third-order valence-electron chi connectivity index (χ3n) is 2.84. The standard InChI is InChI=1S/C11H16N2/c1-13-8-2-3-11(13)9-4-6-10(12)7-5-9/h4-7,11H,2-3,8,12H2,1H3. The summed E-state index contributed by atoms with van der Waals surface area (Å²) in [6.07, 6.45) is 2.59. The number of likely N-dealkylation sites (tertiary alicyclic amines) is 1. The normalized spacial score (nSPS) is 23.6. The Balaban J connectivity index is 2.20. The van der Waals surface area contributed by atoms with Gasteiger partial charge in [-0.3, -0.25) is 4.90 Å². The van der Waals surface area contributed by atoms with Crippen LogP contribution >= 0.6 is 0 Å². The van der Waals surface area contributed by atoms with Gasteiger partial charge in [-0.1, -0.05) is 12.1 Å². The first-order valence-electron chi connectivity index (χ1n) is 4.83. The molecule has 1 aliphatic rings. The Morgan fingerprint density at radius 1 is 1.31 bits per heavy atom. The molecule has 2 N–H and O–H groups in total. The lowest BCUT2D eigenvalue weighted by Crippen LogP contribution is -2.17. The van der Waals surface area contributed by atoms with E-state index >= 15 is 0 Å². The number of nitrogens with zero attached hydrogens (tertiary/aromatic N) is 1. The molecule has 2 heteroatoms. The molecule has 1 saturated heterocycles. The first-order chi connectivity index (χ1) is 6.27. The molecule has 1 aliphatic heterocycles. The van der Waals surface area contributed by atoms with E-state index in [1.54, 1.807) is 0 Å². The average molecular weight is 176 g/mol. The minimum absolute atomic E-state index is 0.612. The molecule has 1 heterocycles. The van der Waals surface area contributed by atoms with Crippen molar-refractivity contribution in [3.63, 3.8) is 0 Å². The second kappa shape index (κ2) is 3.38. The maximum absolute atomic E-state index is 5.65. The number of anilines is 1. The molecule has 1 aromatic rings. The number of hydrogen-bond acceptors (Lipinski definition) is 2. The third kappa shape index (κ3) is 1.68. The zero-order chi connectivity index (χ0) is 9.26. The molecule has 0 aliphatic carbocycles. The summed E-state index contributed by atoms with van der Waals surface area (Å²) >= 11 is 0. The number of hydrogen-bond donors (Lipinski definition) is 1. The van der Waals surface area contributed by atoms with Gasteiger partial charge >= 0.3 is 0 Å². The fourth-order valence-electron chi connectivity index (χ4n) is 2.05. The van der Waals surface area contributed by atoms with Crippen molar-refractivity contribution in [2.45, 2.75) is 18.9 Å². The van der Waals surface area contributed by atoms with Crippen LogP contribution in [-0.4, -0.2) is 18.5 Å². The van der Waals surface area contributed by atoms with Crippen molar-refractivity contribution >= 4 is 5.69 Å². The minimum Gasteiger partial charge on any atom is -0.399 e. The molecule has 2 rings (SSSR count). The van der Waals surface area contributed by atoms with Crippen molar-refractivity contribution in [3.8, 4) is 0 Å². The lowest BCUT2D eigenvalue weighted by Gasteiger charge is -2.19. The van der Waals surface area contributed by atoms with E-state index in [2.05, 4.69) is 24.1 Å². The second-order valence-corrected chi connectivity index (χ2v) is 3.81. The highest BCUT2D eigenvalue weighted by Crippen LogP contribution is 2.30. The van der Waals surface area contributed by atoms with E-state index in [0.717, 1.165) is 5.69 Å². The predicted molar refractivity (Wildman–Crippen MR) is 55.5 cm³/mol. The number of rotatable bonds is 1. The summed E-state index contributed by atoms with van der Waals surface area (Å²) in [7, 11) is 2.19. The second-order valence-electron chi connectivity index (χ2n) is 3.81. The van der Waals surface area contributed by atoms with Crippen LogP contribution in [0.2, 0.25) is 0 Å². The van der Waals surface area contributed by atoms with Crippen LogP contribution in [0.4, 0.5) is 5.69 Å². The highest BCUT2D eigenvalue weighted by atomic mass is 15.1. The van der Waals surface area contributed by atoms with E-state index in [9.17, 15) is 0 Å². The number of nitrogens with two attached hydrogens (primary N) is 1. The van der Waals surface area contributed by atoms with Crippen molar-refractivity contribution < 1.29 is 0 Å². The SMILES string of the molecule is CN1CCCC1c1ccc(N)cc1. The summed E-state index contributed by atoms with van der Waals surface area (Å²) in [5, 5.41) is 0. The van der Waals surface area contributed by atoms with Gasteiger partial charge in [0, 0.05) is 11.7 Å². The van der Waals surface area contributed by atoms with Gasteiger partial charge in [-0.2, -0.15) is 0 Å². The van der Waals surface area contributed by atoms with Gasteiger partial charge in [-0.05, 0) is 44.1 Å². The van der Waals surface area contributed by atoms with Gasteiger partial charge in [-0.25, -0.2) is 0 Å². The molecule has 0 bridgehead atoms. The van der Waals surface area contributed by atoms with E-state index in [0.29, 0.717) is 6.04 Å². The predicted octanol–water partition coefficient (Wildman–Crippen LogP) is 2.04. The molecule has 2 nitrogen and oxygen atoms in total. The zero-order valence-corrected chi connectivity index (χ0v) is 8.03. The summed E-state index contributed by atoms with van der Waals surface area (Å²) in [5.41, 5.74) is 7.90. The molecular formula is C11H16N2. The number of benzene rings is 1. The molecular weight excluding hydrogens is 160 g/mol. The monoisotopic (exact) mass is 176 g/mol. The van der Waals surface area contributed by atoms with Gasteiger partial charge in [0.05, 0.1) is 0 Å². The molecule has 1 unspecified atom stereocenters. The average Bonchev–Trinajstić information content (AvgIpc) is 2.53. The van der Waals surface area contributed by atoms with Crippen molar-refractivity contribution in [2.75, 3.05) is 19.3 Å². The van der Waals surface area contributed by atoms with Crippen LogP contribution in [0, 0.1) is 0 Å². The lowest BCUT2D eigenvalue weighted by molar-refractivity contribution is 0.317. The first-order valence-corrected chi connectivity index (χ1v) is 4.83. The van der Waals surface area contributed by atoms with Crippen molar-refractivity contribution in [1.82, 2.24) is 4.90 Å². The summed E-state index contributed by atoms with van der Waals surface area (Å²) < 4.78 is 0. The lowest BCUT2D eigenvalue weighted by atomic mass is 10.0. The van der Waals surface area contributed by atoms with Crippen LogP contribution in [0.1, 0.15) is 24.4 Å². The molecule has 1 fully saturated rings. The van der Waals surface area contributed by atoms with E-state index in [1.165, 1.54) is 24.9 Å². The Morgan fingerprint density at radius 2 is 2.00 bits per heavy atom. The molecule has 1 aromatic carbocycles. The highest BCUT2D eigenvalue weighted by Gasteiger charge is 2.21. The van der Waals surface area contributed by atoms with E-state index < -0.39 is 0 Å². The third-order valence-corrected chi connectivity index (χ3v) is 2.84. The van der Waals surface area contributed by atoms with Gasteiger partial charge in [0.25, 0.3) is 0 Å². The van der Waals surface area contributed by atoms with Gasteiger partial charge in [0.15, 0.2) is 0 Å². The van der Waals surface area contributed by atoms with Crippen LogP contribution in [0.3, 0.4) is 0 Å². The molecule has 13 heavy (non-hydrogen) atoms. The topological polar surface area (TPSA) is 29.3 Å². The summed E-state index contributed by atoms with van der Waals surface area (Å²) in [4.78, 5) is 2.41. The first kappa shape index (κ1) is 8.57. The minimum atomic E-state index is 0.612. The van der Waals surface area contributed by atoms with Gasteiger partial charge < -0.3 is 5.73 Å². The molecule has 1 atom stereocenters. The van der Waals surface area contributed by atoms with Gasteiger partial charge in [-0.15, -0.1) is 0 Å². The van der Waals surface area contributed by atoms with Crippen molar-refractivity contribution in [2.24, 2.45) is 0 Å². The van der Waals surface area contributed by atoms with Gasteiger partial charge in [0.2, 0.25) is 0 Å². The van der Waals surface area contributed by atoms with Crippen molar-refractivity contribution in [1.29, 1.82) is 0 Å². The molecule has 0 saturated carbocycles. The largest absolute Gasteiger partial charge is 0.399 e.